The predicted molar refractivity (Wildman–Crippen MR) is 58.2 cm³/mol. The third kappa shape index (κ3) is 2.43. The molecule has 0 unspecified atom stereocenters. The number of halogens is 2. The van der Waals surface area contributed by atoms with Crippen molar-refractivity contribution in [1.82, 2.24) is 5.32 Å². The van der Waals surface area contributed by atoms with Crippen molar-refractivity contribution in [2.24, 2.45) is 0 Å². The Morgan fingerprint density at radius 3 is 2.80 bits per heavy atom. The fourth-order valence-electron chi connectivity index (χ4n) is 1.46. The Labute approximate surface area is 97.3 Å². The number of rotatable bonds is 1. The molecule has 1 aromatic rings. The third-order valence-corrected chi connectivity index (χ3v) is 2.77. The van der Waals surface area contributed by atoms with Gasteiger partial charge < -0.3 is 10.1 Å². The van der Waals surface area contributed by atoms with Gasteiger partial charge in [0.1, 0.15) is 12.7 Å². The highest BCUT2D eigenvalue weighted by molar-refractivity contribution is 6.35. The molecule has 1 fully saturated rings. The van der Waals surface area contributed by atoms with E-state index in [0.29, 0.717) is 16.6 Å². The first-order chi connectivity index (χ1) is 7.16. The minimum Gasteiger partial charge on any atom is -0.362 e. The maximum absolute atomic E-state index is 10.9. The Balaban J connectivity index is 2.19. The quantitative estimate of drug-likeness (QED) is 0.824. The van der Waals surface area contributed by atoms with Gasteiger partial charge in [-0.1, -0.05) is 29.3 Å². The van der Waals surface area contributed by atoms with Crippen molar-refractivity contribution in [2.45, 2.75) is 6.10 Å². The molecule has 5 heteroatoms. The average Bonchev–Trinajstić information content (AvgIpc) is 2.20. The summed E-state index contributed by atoms with van der Waals surface area (Å²) in [4.78, 5) is 10.9. The molecular formula is C10H9Cl2NO2. The summed E-state index contributed by atoms with van der Waals surface area (Å²) >= 11 is 11.8. The minimum absolute atomic E-state index is 0.0730. The molecule has 1 atom stereocenters. The van der Waals surface area contributed by atoms with Crippen molar-refractivity contribution >= 4 is 29.1 Å². The summed E-state index contributed by atoms with van der Waals surface area (Å²) in [6.45, 7) is 0.518. The summed E-state index contributed by atoms with van der Waals surface area (Å²) in [5, 5.41) is 3.86. The number of hydrogen-bond donors (Lipinski definition) is 1. The molecule has 0 spiro atoms. The maximum atomic E-state index is 10.9. The summed E-state index contributed by atoms with van der Waals surface area (Å²) in [5.74, 6) is -0.101. The third-order valence-electron chi connectivity index (χ3n) is 2.21. The lowest BCUT2D eigenvalue weighted by Crippen LogP contribution is -2.38. The van der Waals surface area contributed by atoms with Gasteiger partial charge in [0.05, 0.1) is 0 Å². The molecule has 1 heterocycles. The van der Waals surface area contributed by atoms with Crippen molar-refractivity contribution in [2.75, 3.05) is 13.2 Å². The van der Waals surface area contributed by atoms with Gasteiger partial charge in [0, 0.05) is 22.2 Å². The summed E-state index contributed by atoms with van der Waals surface area (Å²) in [5.41, 5.74) is 0.848. The fraction of sp³-hybridized carbons (Fsp3) is 0.300. The molecular weight excluding hydrogens is 237 g/mol. The number of ether oxygens (including phenoxy) is 1. The molecule has 0 aliphatic carbocycles. The second-order valence-electron chi connectivity index (χ2n) is 3.27. The van der Waals surface area contributed by atoms with Crippen LogP contribution in [0.25, 0.3) is 0 Å². The topological polar surface area (TPSA) is 38.3 Å². The molecule has 1 N–H and O–H groups in total. The van der Waals surface area contributed by atoms with Crippen LogP contribution in [0.2, 0.25) is 10.0 Å². The van der Waals surface area contributed by atoms with E-state index in [2.05, 4.69) is 5.32 Å². The van der Waals surface area contributed by atoms with Gasteiger partial charge in [-0.15, -0.1) is 0 Å². The van der Waals surface area contributed by atoms with Gasteiger partial charge >= 0.3 is 0 Å². The van der Waals surface area contributed by atoms with Gasteiger partial charge in [-0.05, 0) is 12.1 Å². The smallest absolute Gasteiger partial charge is 0.246 e. The highest BCUT2D eigenvalue weighted by Crippen LogP contribution is 2.28. The first-order valence-electron chi connectivity index (χ1n) is 4.50. The number of amides is 1. The van der Waals surface area contributed by atoms with Gasteiger partial charge in [0.25, 0.3) is 0 Å². The van der Waals surface area contributed by atoms with Crippen LogP contribution >= 0.6 is 23.2 Å². The Hall–Kier alpha value is -0.770. The van der Waals surface area contributed by atoms with E-state index < -0.39 is 0 Å². The SMILES string of the molecule is O=C1CO[C@H](c2ccc(Cl)cc2Cl)CN1. The highest BCUT2D eigenvalue weighted by Gasteiger charge is 2.21. The Morgan fingerprint density at radius 2 is 2.20 bits per heavy atom. The van der Waals surface area contributed by atoms with Crippen molar-refractivity contribution < 1.29 is 9.53 Å². The van der Waals surface area contributed by atoms with Crippen LogP contribution in [0, 0.1) is 0 Å². The van der Waals surface area contributed by atoms with Crippen molar-refractivity contribution in [1.29, 1.82) is 0 Å². The zero-order valence-corrected chi connectivity index (χ0v) is 9.31. The largest absolute Gasteiger partial charge is 0.362 e. The van der Waals surface area contributed by atoms with E-state index in [1.54, 1.807) is 12.1 Å². The lowest BCUT2D eigenvalue weighted by Gasteiger charge is -2.24. The number of nitrogens with one attached hydrogen (secondary N) is 1. The van der Waals surface area contributed by atoms with Crippen LogP contribution in [0.3, 0.4) is 0 Å². The predicted octanol–water partition coefficient (Wildman–Crippen LogP) is 2.18. The zero-order chi connectivity index (χ0) is 10.8. The first-order valence-corrected chi connectivity index (χ1v) is 5.25. The highest BCUT2D eigenvalue weighted by atomic mass is 35.5. The zero-order valence-electron chi connectivity index (χ0n) is 7.80. The number of carbonyl (C=O) groups is 1. The lowest BCUT2D eigenvalue weighted by molar-refractivity contribution is -0.133. The molecule has 1 aliphatic rings. The van der Waals surface area contributed by atoms with E-state index >= 15 is 0 Å². The van der Waals surface area contributed by atoms with Gasteiger partial charge in [-0.2, -0.15) is 0 Å². The molecule has 3 nitrogen and oxygen atoms in total. The van der Waals surface area contributed by atoms with Crippen LogP contribution in [0.5, 0.6) is 0 Å². The summed E-state index contributed by atoms with van der Waals surface area (Å²) in [7, 11) is 0. The number of carbonyl (C=O) groups excluding carboxylic acids is 1. The molecule has 2 rings (SSSR count). The minimum atomic E-state index is -0.188. The molecule has 0 bridgehead atoms. The molecule has 1 saturated heterocycles. The molecule has 15 heavy (non-hydrogen) atoms. The van der Waals surface area contributed by atoms with Gasteiger partial charge in [0.2, 0.25) is 5.91 Å². The van der Waals surface area contributed by atoms with Gasteiger partial charge in [-0.25, -0.2) is 0 Å². The van der Waals surface area contributed by atoms with Crippen LogP contribution in [0.4, 0.5) is 0 Å². The molecule has 80 valence electrons. The monoisotopic (exact) mass is 245 g/mol. The van der Waals surface area contributed by atoms with E-state index in [1.807, 2.05) is 6.07 Å². The van der Waals surface area contributed by atoms with Crippen molar-refractivity contribution in [3.05, 3.63) is 33.8 Å². The molecule has 1 amide bonds. The van der Waals surface area contributed by atoms with E-state index in [9.17, 15) is 4.79 Å². The lowest BCUT2D eigenvalue weighted by atomic mass is 10.1. The first kappa shape index (κ1) is 10.7. The molecule has 1 aromatic carbocycles. The average molecular weight is 246 g/mol. The second kappa shape index (κ2) is 4.39. The summed E-state index contributed by atoms with van der Waals surface area (Å²) < 4.78 is 5.36. The summed E-state index contributed by atoms with van der Waals surface area (Å²) in [6.07, 6.45) is -0.188. The van der Waals surface area contributed by atoms with Gasteiger partial charge in [-0.3, -0.25) is 4.79 Å². The normalized spacial score (nSPS) is 21.2. The van der Waals surface area contributed by atoms with Crippen molar-refractivity contribution in [3.8, 4) is 0 Å². The van der Waals surface area contributed by atoms with E-state index in [0.717, 1.165) is 5.56 Å². The van der Waals surface area contributed by atoms with Crippen LogP contribution in [-0.2, 0) is 9.53 Å². The van der Waals surface area contributed by atoms with Crippen LogP contribution < -0.4 is 5.32 Å². The van der Waals surface area contributed by atoms with Crippen LogP contribution in [0.1, 0.15) is 11.7 Å². The number of morpholine rings is 1. The van der Waals surface area contributed by atoms with Crippen molar-refractivity contribution in [3.63, 3.8) is 0 Å². The number of hydrogen-bond acceptors (Lipinski definition) is 2. The van der Waals surface area contributed by atoms with Crippen LogP contribution in [-0.4, -0.2) is 19.1 Å². The molecule has 0 saturated carbocycles. The van der Waals surface area contributed by atoms with Crippen LogP contribution in [0.15, 0.2) is 18.2 Å². The molecule has 1 aliphatic heterocycles. The maximum Gasteiger partial charge on any atom is 0.246 e. The Bertz CT molecular complexity index is 385. The Kier molecular flexibility index (Phi) is 3.14. The fourth-order valence-corrected chi connectivity index (χ4v) is 1.99. The Morgan fingerprint density at radius 1 is 1.40 bits per heavy atom. The standard InChI is InChI=1S/C10H9Cl2NO2/c11-6-1-2-7(8(12)3-6)9-4-13-10(14)5-15-9/h1-3,9H,4-5H2,(H,13,14)/t9-/m0/s1. The van der Waals surface area contributed by atoms with E-state index in [1.165, 1.54) is 0 Å². The van der Waals surface area contributed by atoms with E-state index in [4.69, 9.17) is 27.9 Å². The molecule has 0 aromatic heterocycles. The van der Waals surface area contributed by atoms with E-state index in [-0.39, 0.29) is 18.6 Å². The molecule has 0 radical (unpaired) electrons. The number of benzene rings is 1. The summed E-state index contributed by atoms with van der Waals surface area (Å²) in [6, 6.07) is 5.23. The van der Waals surface area contributed by atoms with Gasteiger partial charge in [0.15, 0.2) is 0 Å². The second-order valence-corrected chi connectivity index (χ2v) is 4.11.